The first-order valence-electron chi connectivity index (χ1n) is 12.7. The topological polar surface area (TPSA) is 119 Å². The number of nitrogens with zero attached hydrogens (tertiary/aromatic N) is 5. The van der Waals surface area contributed by atoms with E-state index >= 15 is 0 Å². The van der Waals surface area contributed by atoms with Gasteiger partial charge in [-0.15, -0.1) is 0 Å². The normalized spacial score (nSPS) is 19.2. The summed E-state index contributed by atoms with van der Waals surface area (Å²) in [5, 5.41) is 2.57. The molecule has 1 aromatic carbocycles. The van der Waals surface area contributed by atoms with E-state index in [1.165, 1.54) is 12.1 Å². The van der Waals surface area contributed by atoms with Gasteiger partial charge in [0.2, 0.25) is 5.91 Å². The van der Waals surface area contributed by atoms with Gasteiger partial charge in [0.25, 0.3) is 5.91 Å². The molecule has 2 unspecified atom stereocenters. The van der Waals surface area contributed by atoms with Crippen LogP contribution < -0.4 is 11.1 Å². The van der Waals surface area contributed by atoms with Crippen molar-refractivity contribution in [2.45, 2.75) is 43.8 Å². The number of carbonyl (C=O) groups excluding carboxylic acids is 2. The lowest BCUT2D eigenvalue weighted by Gasteiger charge is -2.34. The zero-order valence-corrected chi connectivity index (χ0v) is 21.7. The number of imidazole rings is 1. The number of hydrogen-bond donors (Lipinski definition) is 2. The Morgan fingerprint density at radius 1 is 1.10 bits per heavy atom. The summed E-state index contributed by atoms with van der Waals surface area (Å²) in [4.78, 5) is 40.1. The third-order valence-corrected chi connectivity index (χ3v) is 7.82. The number of fused-ring (bicyclic) bond motifs is 2. The van der Waals surface area contributed by atoms with Gasteiger partial charge in [0.05, 0.1) is 10.6 Å². The van der Waals surface area contributed by atoms with Gasteiger partial charge < -0.3 is 16.0 Å². The average molecular weight is 570 g/mol. The zero-order chi connectivity index (χ0) is 28.2. The molecule has 2 saturated heterocycles. The first kappa shape index (κ1) is 26.1. The van der Waals surface area contributed by atoms with Gasteiger partial charge in [-0.25, -0.2) is 15.0 Å². The van der Waals surface area contributed by atoms with Crippen molar-refractivity contribution in [2.24, 2.45) is 0 Å². The van der Waals surface area contributed by atoms with E-state index < -0.39 is 17.6 Å². The van der Waals surface area contributed by atoms with E-state index in [-0.39, 0.29) is 40.1 Å². The predicted octanol–water partition coefficient (Wildman–Crippen LogP) is 5.17. The Kier molecular flexibility index (Phi) is 6.37. The minimum atomic E-state index is -4.57. The average Bonchev–Trinajstić information content (AvgIpc) is 3.49. The highest BCUT2D eigenvalue weighted by Crippen LogP contribution is 2.39. The molecule has 2 aliphatic rings. The second-order valence-corrected chi connectivity index (χ2v) is 10.3. The van der Waals surface area contributed by atoms with Gasteiger partial charge in [0.15, 0.2) is 0 Å². The van der Waals surface area contributed by atoms with Crippen LogP contribution in [0.4, 0.5) is 24.8 Å². The number of carbonyl (C=O) groups is 2. The van der Waals surface area contributed by atoms with E-state index in [9.17, 15) is 22.8 Å². The molecule has 4 aromatic rings. The predicted molar refractivity (Wildman–Crippen MR) is 142 cm³/mol. The molecule has 9 nitrogen and oxygen atoms in total. The molecule has 5 heterocycles. The number of nitrogens with one attached hydrogen (secondary N) is 1. The van der Waals surface area contributed by atoms with Crippen LogP contribution in [-0.4, -0.2) is 48.7 Å². The molecule has 13 heteroatoms. The van der Waals surface area contributed by atoms with Crippen molar-refractivity contribution in [3.8, 4) is 11.3 Å². The number of alkyl halides is 3. The summed E-state index contributed by atoms with van der Waals surface area (Å²) < 4.78 is 40.9. The molecule has 2 aliphatic heterocycles. The number of rotatable bonds is 4. The van der Waals surface area contributed by atoms with Crippen molar-refractivity contribution < 1.29 is 22.8 Å². The summed E-state index contributed by atoms with van der Waals surface area (Å²) in [5.74, 6) is 0.222. The molecule has 0 aliphatic carbocycles. The van der Waals surface area contributed by atoms with Crippen molar-refractivity contribution in [1.82, 2.24) is 24.3 Å². The SMILES string of the molecule is Nc1nccn2c(C3CCC4CCC(=O)N4C3)nc(-c3ccc(C(=O)Nc4cc(C(F)(F)F)ccn4)cc3Cl)c12. The van der Waals surface area contributed by atoms with E-state index in [1.807, 2.05) is 9.30 Å². The summed E-state index contributed by atoms with van der Waals surface area (Å²) in [6.45, 7) is 0.570. The lowest BCUT2D eigenvalue weighted by atomic mass is 9.92. The number of amides is 2. The quantitative estimate of drug-likeness (QED) is 0.350. The Bertz CT molecular complexity index is 1660. The van der Waals surface area contributed by atoms with Crippen LogP contribution in [0.3, 0.4) is 0 Å². The minimum absolute atomic E-state index is 0.00913. The van der Waals surface area contributed by atoms with Crippen LogP contribution in [0.2, 0.25) is 5.02 Å². The van der Waals surface area contributed by atoms with Gasteiger partial charge in [-0.1, -0.05) is 17.7 Å². The van der Waals surface area contributed by atoms with Crippen LogP contribution in [-0.2, 0) is 11.0 Å². The van der Waals surface area contributed by atoms with Crippen molar-refractivity contribution >= 4 is 40.6 Å². The molecule has 6 rings (SSSR count). The van der Waals surface area contributed by atoms with E-state index in [0.29, 0.717) is 29.7 Å². The molecular weight excluding hydrogens is 547 g/mol. The summed E-state index contributed by atoms with van der Waals surface area (Å²) in [6.07, 6.45) is 2.97. The third kappa shape index (κ3) is 4.61. The molecule has 2 atom stereocenters. The number of halogens is 4. The van der Waals surface area contributed by atoms with Gasteiger partial charge >= 0.3 is 6.18 Å². The molecule has 0 saturated carbocycles. The van der Waals surface area contributed by atoms with Crippen LogP contribution in [0, 0.1) is 0 Å². The lowest BCUT2D eigenvalue weighted by molar-refractivity contribution is -0.137. The van der Waals surface area contributed by atoms with Crippen LogP contribution in [0.1, 0.15) is 53.3 Å². The van der Waals surface area contributed by atoms with Crippen LogP contribution in [0.15, 0.2) is 48.9 Å². The van der Waals surface area contributed by atoms with Crippen molar-refractivity contribution in [1.29, 1.82) is 0 Å². The maximum Gasteiger partial charge on any atom is 0.416 e. The number of pyridine rings is 1. The maximum absolute atomic E-state index is 13.0. The molecule has 3 N–H and O–H groups in total. The number of nitrogens with two attached hydrogens (primary N) is 1. The Hall–Kier alpha value is -4.19. The molecular formula is C27H23ClF3N7O2. The van der Waals surface area contributed by atoms with Gasteiger partial charge in [0.1, 0.15) is 28.7 Å². The number of anilines is 2. The van der Waals surface area contributed by atoms with Gasteiger partial charge in [-0.05, 0) is 43.5 Å². The van der Waals surface area contributed by atoms with E-state index in [2.05, 4.69) is 15.3 Å². The summed E-state index contributed by atoms with van der Waals surface area (Å²) in [6, 6.07) is 6.36. The van der Waals surface area contributed by atoms with Gasteiger partial charge in [0, 0.05) is 54.6 Å². The van der Waals surface area contributed by atoms with Crippen molar-refractivity contribution in [3.05, 3.63) is 70.9 Å². The van der Waals surface area contributed by atoms with E-state index in [0.717, 1.165) is 43.4 Å². The monoisotopic (exact) mass is 569 g/mol. The number of piperidine rings is 1. The summed E-state index contributed by atoms with van der Waals surface area (Å²) in [5.41, 5.74) is 7.00. The Morgan fingerprint density at radius 3 is 2.70 bits per heavy atom. The zero-order valence-electron chi connectivity index (χ0n) is 21.0. The van der Waals surface area contributed by atoms with Gasteiger partial charge in [-0.3, -0.25) is 14.0 Å². The summed E-state index contributed by atoms with van der Waals surface area (Å²) >= 11 is 6.63. The highest BCUT2D eigenvalue weighted by atomic mass is 35.5. The number of hydrogen-bond acceptors (Lipinski definition) is 6. The second-order valence-electron chi connectivity index (χ2n) is 9.94. The molecule has 0 spiro atoms. The summed E-state index contributed by atoms with van der Waals surface area (Å²) in [7, 11) is 0. The van der Waals surface area contributed by atoms with Crippen molar-refractivity contribution in [2.75, 3.05) is 17.6 Å². The molecule has 2 fully saturated rings. The fraction of sp³-hybridized carbons (Fsp3) is 0.296. The standard InChI is InChI=1S/C27H23ClF3N7O2/c28-19-11-14(26(40)35-20-12-16(7-8-33-20)27(29,30)31)2-5-18(19)22-23-24(32)34-9-10-37(23)25(36-22)15-1-3-17-4-6-21(39)38(17)13-15/h2,5,7-12,15,17H,1,3-4,6,13H2,(H2,32,34)(H,33,35,40). The molecule has 2 amide bonds. The number of aromatic nitrogens is 4. The van der Waals surface area contributed by atoms with Gasteiger partial charge in [-0.2, -0.15) is 13.2 Å². The first-order chi connectivity index (χ1) is 19.1. The molecule has 40 heavy (non-hydrogen) atoms. The second kappa shape index (κ2) is 9.77. The third-order valence-electron chi connectivity index (χ3n) is 7.51. The maximum atomic E-state index is 13.0. The van der Waals surface area contributed by atoms with E-state index in [4.69, 9.17) is 22.3 Å². The Morgan fingerprint density at radius 2 is 1.93 bits per heavy atom. The largest absolute Gasteiger partial charge is 0.416 e. The van der Waals surface area contributed by atoms with Crippen LogP contribution >= 0.6 is 11.6 Å². The highest BCUT2D eigenvalue weighted by Gasteiger charge is 2.38. The lowest BCUT2D eigenvalue weighted by Crippen LogP contribution is -2.41. The smallest absolute Gasteiger partial charge is 0.382 e. The molecule has 0 radical (unpaired) electrons. The number of nitrogen functional groups attached to an aromatic ring is 1. The van der Waals surface area contributed by atoms with E-state index in [1.54, 1.807) is 18.5 Å². The fourth-order valence-corrected chi connectivity index (χ4v) is 5.82. The first-order valence-corrected chi connectivity index (χ1v) is 13.0. The molecule has 0 bridgehead atoms. The number of benzene rings is 1. The van der Waals surface area contributed by atoms with Crippen LogP contribution in [0.25, 0.3) is 16.8 Å². The minimum Gasteiger partial charge on any atom is -0.382 e. The Balaban J connectivity index is 1.32. The molecule has 3 aromatic heterocycles. The van der Waals surface area contributed by atoms with Crippen LogP contribution in [0.5, 0.6) is 0 Å². The Labute approximate surface area is 231 Å². The highest BCUT2D eigenvalue weighted by molar-refractivity contribution is 6.34. The molecule has 206 valence electrons. The van der Waals surface area contributed by atoms with Crippen molar-refractivity contribution in [3.63, 3.8) is 0 Å². The fourth-order valence-electron chi connectivity index (χ4n) is 5.55.